The zero-order valence-electron chi connectivity index (χ0n) is 6.71. The second-order valence-corrected chi connectivity index (χ2v) is 4.52. The van der Waals surface area contributed by atoms with Gasteiger partial charge in [0, 0.05) is 13.1 Å². The van der Waals surface area contributed by atoms with Crippen LogP contribution in [0, 0.1) is 0 Å². The number of hydrogen-bond acceptors (Lipinski definition) is 3. The molecule has 0 saturated carbocycles. The molecule has 0 fully saturated rings. The molecule has 0 aromatic rings. The maximum Gasteiger partial charge on any atom is 0.274 e. The van der Waals surface area contributed by atoms with E-state index < -0.39 is 9.70 Å². The topological polar surface area (TPSA) is 60.8 Å². The van der Waals surface area contributed by atoms with Crippen LogP contribution in [-0.4, -0.2) is 51.1 Å². The number of aliphatic hydroxyl groups is 2. The van der Waals surface area contributed by atoms with Gasteiger partial charge < -0.3 is 15.1 Å². The molecule has 0 radical (unpaired) electrons. The van der Waals surface area contributed by atoms with Crippen LogP contribution in [0.5, 0.6) is 0 Å². The molecule has 7 heteroatoms. The highest BCUT2D eigenvalue weighted by molar-refractivity contribution is 6.76. The highest BCUT2D eigenvalue weighted by Gasteiger charge is 2.34. The summed E-state index contributed by atoms with van der Waals surface area (Å²) in [6.07, 6.45) is 0. The summed E-state index contributed by atoms with van der Waals surface area (Å²) in [5.74, 6) is -0.749. The van der Waals surface area contributed by atoms with E-state index in [4.69, 9.17) is 45.0 Å². The van der Waals surface area contributed by atoms with E-state index in [1.807, 2.05) is 0 Å². The van der Waals surface area contributed by atoms with Crippen molar-refractivity contribution in [3.05, 3.63) is 0 Å². The van der Waals surface area contributed by atoms with Gasteiger partial charge in [0.05, 0.1) is 13.2 Å². The van der Waals surface area contributed by atoms with Crippen LogP contribution in [0.3, 0.4) is 0 Å². The Labute approximate surface area is 91.0 Å². The SMILES string of the molecule is O=C(N(CCO)CCO)C(Cl)(Cl)Cl. The van der Waals surface area contributed by atoms with Crippen molar-refractivity contribution in [1.82, 2.24) is 4.90 Å². The zero-order chi connectivity index (χ0) is 10.5. The van der Waals surface area contributed by atoms with Crippen LogP contribution in [0.2, 0.25) is 0 Å². The fraction of sp³-hybridized carbons (Fsp3) is 0.833. The van der Waals surface area contributed by atoms with Crippen LogP contribution in [-0.2, 0) is 4.79 Å². The molecule has 0 saturated heterocycles. The maximum atomic E-state index is 11.3. The van der Waals surface area contributed by atoms with Crippen LogP contribution in [0.1, 0.15) is 0 Å². The molecular formula is C6H10Cl3NO3. The quantitative estimate of drug-likeness (QED) is 0.699. The van der Waals surface area contributed by atoms with Gasteiger partial charge in [-0.2, -0.15) is 0 Å². The molecule has 1 amide bonds. The summed E-state index contributed by atoms with van der Waals surface area (Å²) in [6.45, 7) is -0.417. The molecule has 0 aromatic heterocycles. The highest BCUT2D eigenvalue weighted by atomic mass is 35.6. The minimum Gasteiger partial charge on any atom is -0.395 e. The van der Waals surface area contributed by atoms with E-state index in [0.717, 1.165) is 4.90 Å². The van der Waals surface area contributed by atoms with Gasteiger partial charge in [-0.1, -0.05) is 34.8 Å². The van der Waals surface area contributed by atoms with Gasteiger partial charge in [0.1, 0.15) is 0 Å². The molecule has 13 heavy (non-hydrogen) atoms. The normalized spacial score (nSPS) is 11.5. The van der Waals surface area contributed by atoms with Gasteiger partial charge in [0.25, 0.3) is 9.70 Å². The first-order chi connectivity index (χ1) is 5.93. The van der Waals surface area contributed by atoms with E-state index in [1.54, 1.807) is 0 Å². The molecule has 2 N–H and O–H groups in total. The highest BCUT2D eigenvalue weighted by Crippen LogP contribution is 2.28. The lowest BCUT2D eigenvalue weighted by Crippen LogP contribution is -2.42. The van der Waals surface area contributed by atoms with Crippen molar-refractivity contribution < 1.29 is 15.0 Å². The number of amides is 1. The van der Waals surface area contributed by atoms with Crippen LogP contribution >= 0.6 is 34.8 Å². The summed E-state index contributed by atoms with van der Waals surface area (Å²) in [4.78, 5) is 12.3. The molecule has 4 nitrogen and oxygen atoms in total. The number of nitrogens with zero attached hydrogens (tertiary/aromatic N) is 1. The number of carbonyl (C=O) groups is 1. The van der Waals surface area contributed by atoms with Gasteiger partial charge in [-0.3, -0.25) is 4.79 Å². The summed E-state index contributed by atoms with van der Waals surface area (Å²) >= 11 is 16.0. The molecule has 0 aromatic carbocycles. The minimum atomic E-state index is -2.04. The van der Waals surface area contributed by atoms with Crippen molar-refractivity contribution in [2.75, 3.05) is 26.3 Å². The third kappa shape index (κ3) is 4.88. The predicted molar refractivity (Wildman–Crippen MR) is 51.0 cm³/mol. The van der Waals surface area contributed by atoms with Crippen molar-refractivity contribution in [2.24, 2.45) is 0 Å². The van der Waals surface area contributed by atoms with Crippen molar-refractivity contribution >= 4 is 40.7 Å². The second-order valence-electron chi connectivity index (χ2n) is 2.24. The Hall–Kier alpha value is 0.260. The lowest BCUT2D eigenvalue weighted by Gasteiger charge is -2.24. The van der Waals surface area contributed by atoms with E-state index in [2.05, 4.69) is 0 Å². The minimum absolute atomic E-state index is 0.0350. The van der Waals surface area contributed by atoms with Crippen LogP contribution in [0.25, 0.3) is 0 Å². The van der Waals surface area contributed by atoms with Gasteiger partial charge in [0.2, 0.25) is 0 Å². The molecule has 0 heterocycles. The Morgan fingerprint density at radius 3 is 1.77 bits per heavy atom. The van der Waals surface area contributed by atoms with Gasteiger partial charge in [-0.05, 0) is 0 Å². The largest absolute Gasteiger partial charge is 0.395 e. The monoisotopic (exact) mass is 249 g/mol. The Kier molecular flexibility index (Phi) is 6.00. The van der Waals surface area contributed by atoms with E-state index in [9.17, 15) is 4.79 Å². The molecule has 0 bridgehead atoms. The summed E-state index contributed by atoms with van der Waals surface area (Å²) in [5.41, 5.74) is 0. The van der Waals surface area contributed by atoms with Crippen molar-refractivity contribution in [2.45, 2.75) is 3.79 Å². The number of rotatable bonds is 4. The summed E-state index contributed by atoms with van der Waals surface area (Å²) in [6, 6.07) is 0. The lowest BCUT2D eigenvalue weighted by atomic mass is 10.4. The van der Waals surface area contributed by atoms with E-state index in [1.165, 1.54) is 0 Å². The molecule has 0 spiro atoms. The molecule has 0 aliphatic carbocycles. The second kappa shape index (κ2) is 5.88. The number of halogens is 3. The van der Waals surface area contributed by atoms with Gasteiger partial charge in [0.15, 0.2) is 0 Å². The van der Waals surface area contributed by atoms with Crippen molar-refractivity contribution in [3.8, 4) is 0 Å². The number of aliphatic hydroxyl groups excluding tert-OH is 2. The molecular weight excluding hydrogens is 240 g/mol. The van der Waals surface area contributed by atoms with Crippen LogP contribution in [0.15, 0.2) is 0 Å². The maximum absolute atomic E-state index is 11.3. The fourth-order valence-electron chi connectivity index (χ4n) is 0.736. The Balaban J connectivity index is 4.27. The number of hydrogen-bond donors (Lipinski definition) is 2. The first-order valence-corrected chi connectivity index (χ1v) is 4.64. The molecule has 0 unspecified atom stereocenters. The molecule has 78 valence electrons. The summed E-state index contributed by atoms with van der Waals surface area (Å²) in [7, 11) is 0. The third-order valence-corrected chi connectivity index (χ3v) is 1.75. The third-order valence-electron chi connectivity index (χ3n) is 1.27. The molecule has 0 aliphatic rings. The molecule has 0 aliphatic heterocycles. The van der Waals surface area contributed by atoms with Gasteiger partial charge >= 0.3 is 0 Å². The molecule has 0 atom stereocenters. The lowest BCUT2D eigenvalue weighted by molar-refractivity contribution is -0.131. The Morgan fingerprint density at radius 2 is 1.54 bits per heavy atom. The predicted octanol–water partition coefficient (Wildman–Crippen LogP) is 0.170. The van der Waals surface area contributed by atoms with Crippen molar-refractivity contribution in [3.63, 3.8) is 0 Å². The number of alkyl halides is 3. The summed E-state index contributed by atoms with van der Waals surface area (Å²) < 4.78 is -2.04. The number of carbonyl (C=O) groups excluding carboxylic acids is 1. The smallest absolute Gasteiger partial charge is 0.274 e. The van der Waals surface area contributed by atoms with E-state index in [0.29, 0.717) is 0 Å². The summed E-state index contributed by atoms with van der Waals surface area (Å²) in [5, 5.41) is 17.1. The molecule has 0 rings (SSSR count). The average molecular weight is 251 g/mol. The van der Waals surface area contributed by atoms with E-state index >= 15 is 0 Å². The van der Waals surface area contributed by atoms with Gasteiger partial charge in [-0.15, -0.1) is 0 Å². The first-order valence-electron chi connectivity index (χ1n) is 3.51. The fourth-order valence-corrected chi connectivity index (χ4v) is 1.09. The standard InChI is InChI=1S/C6H10Cl3NO3/c7-6(8,9)5(13)10(1-3-11)2-4-12/h11-12H,1-4H2. The first kappa shape index (κ1) is 13.3. The van der Waals surface area contributed by atoms with E-state index in [-0.39, 0.29) is 26.3 Å². The van der Waals surface area contributed by atoms with Crippen LogP contribution < -0.4 is 0 Å². The van der Waals surface area contributed by atoms with Gasteiger partial charge in [-0.25, -0.2) is 0 Å². The average Bonchev–Trinajstić information content (AvgIpc) is 2.01. The Morgan fingerprint density at radius 1 is 1.15 bits per heavy atom. The zero-order valence-corrected chi connectivity index (χ0v) is 8.98. The Bertz CT molecular complexity index is 165. The van der Waals surface area contributed by atoms with Crippen LogP contribution in [0.4, 0.5) is 0 Å². The van der Waals surface area contributed by atoms with Crippen molar-refractivity contribution in [1.29, 1.82) is 0 Å².